The second-order valence-electron chi connectivity index (χ2n) is 7.59. The molecule has 0 saturated carbocycles. The van der Waals surface area contributed by atoms with Crippen molar-refractivity contribution in [3.8, 4) is 0 Å². The molecule has 4 aromatic rings. The summed E-state index contributed by atoms with van der Waals surface area (Å²) in [6.07, 6.45) is 2.03. The summed E-state index contributed by atoms with van der Waals surface area (Å²) in [7, 11) is 0. The maximum Gasteiger partial charge on any atom is 0.200 e. The average molecular weight is 399 g/mol. The number of rotatable bonds is 4. The lowest BCUT2D eigenvalue weighted by atomic mass is 9.67. The monoisotopic (exact) mass is 399 g/mol. The third kappa shape index (κ3) is 3.32. The van der Waals surface area contributed by atoms with Gasteiger partial charge in [-0.15, -0.1) is 0 Å². The molecule has 0 aliphatic carbocycles. The summed E-state index contributed by atoms with van der Waals surface area (Å²) in [5, 5.41) is 0. The highest BCUT2D eigenvalue weighted by Crippen LogP contribution is 2.41. The summed E-state index contributed by atoms with van der Waals surface area (Å²) in [6.45, 7) is 0. The van der Waals surface area contributed by atoms with Crippen LogP contribution in [-0.4, -0.2) is 11.5 Å². The molecule has 0 fully saturated rings. The molecular formula is C29H21NO. The van der Waals surface area contributed by atoms with E-state index in [1.54, 1.807) is 0 Å². The van der Waals surface area contributed by atoms with Crippen LogP contribution in [0.1, 0.15) is 22.3 Å². The summed E-state index contributed by atoms with van der Waals surface area (Å²) < 4.78 is 0. The van der Waals surface area contributed by atoms with Gasteiger partial charge >= 0.3 is 0 Å². The molecule has 1 heterocycles. The molecule has 1 aliphatic rings. The molecule has 0 amide bonds. The minimum atomic E-state index is -0.958. The van der Waals surface area contributed by atoms with Crippen LogP contribution in [-0.2, 0) is 10.2 Å². The lowest BCUT2D eigenvalue weighted by Crippen LogP contribution is -2.42. The number of Topliss-reactive ketones (excluding diaryl/α,β-unsaturated/α-hetero) is 1. The van der Waals surface area contributed by atoms with Gasteiger partial charge in [0.05, 0.1) is 5.70 Å². The van der Waals surface area contributed by atoms with Crippen molar-refractivity contribution in [1.82, 2.24) is 0 Å². The van der Waals surface area contributed by atoms with Gasteiger partial charge in [-0.3, -0.25) is 4.79 Å². The van der Waals surface area contributed by atoms with Gasteiger partial charge in [0.2, 0.25) is 5.78 Å². The van der Waals surface area contributed by atoms with Crippen LogP contribution in [0.2, 0.25) is 0 Å². The SMILES string of the molecule is O=C1C(c2ccccc2)=NC(c2ccccc2)=CC1(c1ccccc1)c1ccccc1. The van der Waals surface area contributed by atoms with E-state index in [4.69, 9.17) is 4.99 Å². The summed E-state index contributed by atoms with van der Waals surface area (Å²) in [4.78, 5) is 19.1. The number of hydrogen-bond acceptors (Lipinski definition) is 2. The molecule has 5 rings (SSSR count). The number of allylic oxidation sites excluding steroid dienone is 1. The fourth-order valence-electron chi connectivity index (χ4n) is 4.21. The highest BCUT2D eigenvalue weighted by Gasteiger charge is 2.45. The van der Waals surface area contributed by atoms with Crippen molar-refractivity contribution in [3.63, 3.8) is 0 Å². The van der Waals surface area contributed by atoms with Crippen molar-refractivity contribution in [1.29, 1.82) is 0 Å². The third-order valence-corrected chi connectivity index (χ3v) is 5.73. The molecule has 148 valence electrons. The average Bonchev–Trinajstić information content (AvgIpc) is 2.86. The number of nitrogens with zero attached hydrogens (tertiary/aromatic N) is 1. The van der Waals surface area contributed by atoms with Gasteiger partial charge in [0.15, 0.2) is 0 Å². The molecule has 4 aromatic carbocycles. The van der Waals surface area contributed by atoms with Crippen molar-refractivity contribution >= 4 is 17.2 Å². The molecule has 0 saturated heterocycles. The van der Waals surface area contributed by atoms with Gasteiger partial charge in [-0.05, 0) is 22.8 Å². The highest BCUT2D eigenvalue weighted by molar-refractivity contribution is 6.51. The van der Waals surface area contributed by atoms with Gasteiger partial charge in [0, 0.05) is 5.56 Å². The Labute approximate surface area is 182 Å². The first kappa shape index (κ1) is 19.0. The van der Waals surface area contributed by atoms with E-state index in [2.05, 4.69) is 0 Å². The fourth-order valence-corrected chi connectivity index (χ4v) is 4.21. The molecule has 31 heavy (non-hydrogen) atoms. The molecule has 0 spiro atoms. The zero-order chi connectivity index (χ0) is 21.1. The van der Waals surface area contributed by atoms with Crippen molar-refractivity contribution in [2.24, 2.45) is 4.99 Å². The number of ketones is 1. The summed E-state index contributed by atoms with van der Waals surface area (Å²) in [5.41, 5.74) is 4.00. The lowest BCUT2D eigenvalue weighted by Gasteiger charge is -2.34. The van der Waals surface area contributed by atoms with Crippen LogP contribution in [0.15, 0.2) is 132 Å². The minimum Gasteiger partial charge on any atom is -0.291 e. The van der Waals surface area contributed by atoms with Gasteiger partial charge < -0.3 is 0 Å². The number of carbonyl (C=O) groups is 1. The molecule has 1 aliphatic heterocycles. The predicted molar refractivity (Wildman–Crippen MR) is 126 cm³/mol. The maximum atomic E-state index is 14.3. The van der Waals surface area contributed by atoms with Crippen LogP contribution in [0.3, 0.4) is 0 Å². The zero-order valence-electron chi connectivity index (χ0n) is 17.0. The molecule has 0 atom stereocenters. The smallest absolute Gasteiger partial charge is 0.200 e. The van der Waals surface area contributed by atoms with E-state index in [-0.39, 0.29) is 5.78 Å². The van der Waals surface area contributed by atoms with E-state index in [0.29, 0.717) is 5.71 Å². The molecule has 0 unspecified atom stereocenters. The maximum absolute atomic E-state index is 14.3. The van der Waals surface area contributed by atoms with Crippen molar-refractivity contribution in [2.75, 3.05) is 0 Å². The van der Waals surface area contributed by atoms with Crippen LogP contribution >= 0.6 is 0 Å². The first-order valence-electron chi connectivity index (χ1n) is 10.4. The quantitative estimate of drug-likeness (QED) is 0.408. The predicted octanol–water partition coefficient (Wildman–Crippen LogP) is 6.09. The van der Waals surface area contributed by atoms with Gasteiger partial charge in [-0.1, -0.05) is 121 Å². The van der Waals surface area contributed by atoms with E-state index < -0.39 is 5.41 Å². The molecule has 0 N–H and O–H groups in total. The van der Waals surface area contributed by atoms with Crippen LogP contribution in [0, 0.1) is 0 Å². The molecule has 2 nitrogen and oxygen atoms in total. The van der Waals surface area contributed by atoms with Crippen LogP contribution in [0.5, 0.6) is 0 Å². The number of carbonyl (C=O) groups excluding carboxylic acids is 1. The Bertz CT molecular complexity index is 1220. The number of hydrogen-bond donors (Lipinski definition) is 0. The summed E-state index contributed by atoms with van der Waals surface area (Å²) >= 11 is 0. The lowest BCUT2D eigenvalue weighted by molar-refractivity contribution is -0.115. The standard InChI is InChI=1S/C29H21NO/c31-28-27(23-15-7-2-8-16-23)30-26(22-13-5-1-6-14-22)21-29(28,24-17-9-3-10-18-24)25-19-11-4-12-20-25/h1-21H. The Balaban J connectivity index is 1.84. The number of aliphatic imine (C=N–C) groups is 1. The van der Waals surface area contributed by atoms with E-state index in [0.717, 1.165) is 28.0 Å². The Morgan fingerprint density at radius 2 is 0.935 bits per heavy atom. The topological polar surface area (TPSA) is 29.4 Å². The van der Waals surface area contributed by atoms with Crippen molar-refractivity contribution in [3.05, 3.63) is 150 Å². The van der Waals surface area contributed by atoms with E-state index in [1.165, 1.54) is 0 Å². The second kappa shape index (κ2) is 8.00. The normalized spacial score (nSPS) is 15.2. The molecule has 0 aromatic heterocycles. The molecule has 2 heteroatoms. The van der Waals surface area contributed by atoms with E-state index in [9.17, 15) is 4.79 Å². The van der Waals surface area contributed by atoms with Crippen LogP contribution in [0.25, 0.3) is 5.70 Å². The van der Waals surface area contributed by atoms with Gasteiger partial charge in [-0.2, -0.15) is 0 Å². The van der Waals surface area contributed by atoms with Gasteiger partial charge in [0.25, 0.3) is 0 Å². The van der Waals surface area contributed by atoms with E-state index >= 15 is 0 Å². The summed E-state index contributed by atoms with van der Waals surface area (Å²) in [6, 6.07) is 39.8. The molecular weight excluding hydrogens is 378 g/mol. The highest BCUT2D eigenvalue weighted by atomic mass is 16.1. The van der Waals surface area contributed by atoms with E-state index in [1.807, 2.05) is 127 Å². The second-order valence-corrected chi connectivity index (χ2v) is 7.59. The Morgan fingerprint density at radius 3 is 1.42 bits per heavy atom. The van der Waals surface area contributed by atoms with Crippen LogP contribution in [0.4, 0.5) is 0 Å². The fraction of sp³-hybridized carbons (Fsp3) is 0.0345. The van der Waals surface area contributed by atoms with Gasteiger partial charge in [0.1, 0.15) is 11.1 Å². The minimum absolute atomic E-state index is 0.0178. The van der Waals surface area contributed by atoms with Crippen molar-refractivity contribution in [2.45, 2.75) is 5.41 Å². The van der Waals surface area contributed by atoms with Crippen molar-refractivity contribution < 1.29 is 4.79 Å². The first-order chi connectivity index (χ1) is 15.3. The number of benzene rings is 4. The molecule has 0 bridgehead atoms. The Kier molecular flexibility index (Phi) is 4.89. The van der Waals surface area contributed by atoms with Gasteiger partial charge in [-0.25, -0.2) is 4.99 Å². The van der Waals surface area contributed by atoms with Crippen LogP contribution < -0.4 is 0 Å². The summed E-state index contributed by atoms with van der Waals surface area (Å²) in [5.74, 6) is -0.0178. The molecule has 0 radical (unpaired) electrons. The Hall–Kier alpha value is -4.04. The Morgan fingerprint density at radius 1 is 0.516 bits per heavy atom. The zero-order valence-corrected chi connectivity index (χ0v) is 17.0. The first-order valence-corrected chi connectivity index (χ1v) is 10.4. The largest absolute Gasteiger partial charge is 0.291 e. The third-order valence-electron chi connectivity index (χ3n) is 5.73.